The molecule has 0 bridgehead atoms. The molecule has 3 heteroatoms. The Morgan fingerprint density at radius 2 is 2.00 bits per heavy atom. The summed E-state index contributed by atoms with van der Waals surface area (Å²) in [5, 5.41) is 8.85. The van der Waals surface area contributed by atoms with Gasteiger partial charge in [-0.25, -0.2) is 0 Å². The summed E-state index contributed by atoms with van der Waals surface area (Å²) in [6.45, 7) is 0.475. The van der Waals surface area contributed by atoms with E-state index in [1.165, 1.54) is 5.56 Å². The summed E-state index contributed by atoms with van der Waals surface area (Å²) in [4.78, 5) is 10.8. The lowest BCUT2D eigenvalue weighted by Gasteiger charge is -2.46. The number of nitrogens with two attached hydrogens (primary N) is 1. The fraction of sp³-hybridized carbons (Fsp3) is 0.462. The largest absolute Gasteiger partial charge is 0.481 e. The normalized spacial score (nSPS) is 28.4. The van der Waals surface area contributed by atoms with Crippen LogP contribution in [0.1, 0.15) is 30.7 Å². The highest BCUT2D eigenvalue weighted by Crippen LogP contribution is 2.52. The minimum Gasteiger partial charge on any atom is -0.481 e. The van der Waals surface area contributed by atoms with E-state index >= 15 is 0 Å². The number of benzene rings is 1. The summed E-state index contributed by atoms with van der Waals surface area (Å²) in [6.07, 6.45) is 2.01. The smallest absolute Gasteiger partial charge is 0.303 e. The molecule has 0 spiro atoms. The van der Waals surface area contributed by atoms with Gasteiger partial charge >= 0.3 is 5.97 Å². The highest BCUT2D eigenvalue weighted by atomic mass is 16.4. The summed E-state index contributed by atoms with van der Waals surface area (Å²) in [5.41, 5.74) is 6.84. The van der Waals surface area contributed by atoms with E-state index in [-0.39, 0.29) is 11.8 Å². The van der Waals surface area contributed by atoms with Crippen molar-refractivity contribution in [1.82, 2.24) is 0 Å². The second-order valence-corrected chi connectivity index (χ2v) is 4.79. The van der Waals surface area contributed by atoms with Crippen molar-refractivity contribution in [1.29, 1.82) is 0 Å². The SMILES string of the molecule is NC[C@]1(CC(=O)O)C[C@H](c2ccccc2)C1. The molecule has 1 aliphatic carbocycles. The van der Waals surface area contributed by atoms with Gasteiger partial charge in [-0.3, -0.25) is 4.79 Å². The van der Waals surface area contributed by atoms with Crippen molar-refractivity contribution >= 4 is 5.97 Å². The molecule has 2 rings (SSSR count). The summed E-state index contributed by atoms with van der Waals surface area (Å²) < 4.78 is 0. The molecule has 0 saturated heterocycles. The van der Waals surface area contributed by atoms with Gasteiger partial charge in [0.05, 0.1) is 6.42 Å². The Labute approximate surface area is 95.3 Å². The minimum absolute atomic E-state index is 0.160. The number of rotatable bonds is 4. The van der Waals surface area contributed by atoms with Crippen LogP contribution in [-0.2, 0) is 4.79 Å². The number of carboxylic acids is 1. The van der Waals surface area contributed by atoms with E-state index in [1.54, 1.807) is 0 Å². The Morgan fingerprint density at radius 1 is 1.38 bits per heavy atom. The first-order chi connectivity index (χ1) is 7.65. The zero-order valence-corrected chi connectivity index (χ0v) is 9.23. The Bertz CT molecular complexity index is 369. The van der Waals surface area contributed by atoms with Crippen molar-refractivity contribution in [3.8, 4) is 0 Å². The van der Waals surface area contributed by atoms with Crippen LogP contribution >= 0.6 is 0 Å². The van der Waals surface area contributed by atoms with Gasteiger partial charge in [0.25, 0.3) is 0 Å². The van der Waals surface area contributed by atoms with Gasteiger partial charge in [0, 0.05) is 0 Å². The maximum Gasteiger partial charge on any atom is 0.303 e. The predicted molar refractivity (Wildman–Crippen MR) is 62.2 cm³/mol. The maximum absolute atomic E-state index is 10.8. The summed E-state index contributed by atoms with van der Waals surface area (Å²) in [5.74, 6) is -0.249. The Morgan fingerprint density at radius 3 is 2.50 bits per heavy atom. The number of carboxylic acid groups (broad SMARTS) is 1. The third-order valence-electron chi connectivity index (χ3n) is 3.59. The molecule has 0 amide bonds. The van der Waals surface area contributed by atoms with E-state index in [2.05, 4.69) is 12.1 Å². The first-order valence-electron chi connectivity index (χ1n) is 5.62. The number of aliphatic carboxylic acids is 1. The Hall–Kier alpha value is -1.35. The molecule has 1 aromatic carbocycles. The van der Waals surface area contributed by atoms with Crippen molar-refractivity contribution in [2.24, 2.45) is 11.1 Å². The fourth-order valence-electron chi connectivity index (χ4n) is 2.65. The van der Waals surface area contributed by atoms with Crippen LogP contribution in [-0.4, -0.2) is 17.6 Å². The van der Waals surface area contributed by atoms with Crippen LogP contribution in [0.5, 0.6) is 0 Å². The number of hydrogen-bond donors (Lipinski definition) is 2. The molecule has 1 aliphatic rings. The van der Waals surface area contributed by atoms with E-state index in [9.17, 15) is 4.79 Å². The van der Waals surface area contributed by atoms with Crippen LogP contribution in [0.2, 0.25) is 0 Å². The van der Waals surface area contributed by atoms with Crippen LogP contribution < -0.4 is 5.73 Å². The van der Waals surface area contributed by atoms with Crippen LogP contribution in [0, 0.1) is 5.41 Å². The van der Waals surface area contributed by atoms with Gasteiger partial charge in [-0.05, 0) is 36.3 Å². The fourth-order valence-corrected chi connectivity index (χ4v) is 2.65. The van der Waals surface area contributed by atoms with Crippen LogP contribution in [0.3, 0.4) is 0 Å². The number of carbonyl (C=O) groups is 1. The molecule has 0 heterocycles. The molecule has 3 nitrogen and oxygen atoms in total. The molecule has 1 fully saturated rings. The summed E-state index contributed by atoms with van der Waals surface area (Å²) >= 11 is 0. The molecule has 0 aliphatic heterocycles. The molecular formula is C13H17NO2. The Kier molecular flexibility index (Phi) is 2.97. The first kappa shape index (κ1) is 11.1. The van der Waals surface area contributed by atoms with E-state index < -0.39 is 5.97 Å². The van der Waals surface area contributed by atoms with Crippen molar-refractivity contribution < 1.29 is 9.90 Å². The maximum atomic E-state index is 10.8. The predicted octanol–water partition coefficient (Wildman–Crippen LogP) is 1.98. The van der Waals surface area contributed by atoms with Crippen LogP contribution in [0.15, 0.2) is 30.3 Å². The van der Waals surface area contributed by atoms with Gasteiger partial charge < -0.3 is 10.8 Å². The lowest BCUT2D eigenvalue weighted by molar-refractivity contribution is -0.141. The molecule has 0 radical (unpaired) electrons. The Balaban J connectivity index is 2.00. The third-order valence-corrected chi connectivity index (χ3v) is 3.59. The first-order valence-corrected chi connectivity index (χ1v) is 5.62. The monoisotopic (exact) mass is 219 g/mol. The van der Waals surface area contributed by atoms with E-state index in [4.69, 9.17) is 10.8 Å². The topological polar surface area (TPSA) is 63.3 Å². The van der Waals surface area contributed by atoms with E-state index in [0.717, 1.165) is 12.8 Å². The molecular weight excluding hydrogens is 202 g/mol. The average Bonchev–Trinajstić information content (AvgIpc) is 2.24. The van der Waals surface area contributed by atoms with Crippen LogP contribution in [0.25, 0.3) is 0 Å². The van der Waals surface area contributed by atoms with E-state index in [1.807, 2.05) is 18.2 Å². The van der Waals surface area contributed by atoms with Gasteiger partial charge in [0.2, 0.25) is 0 Å². The highest BCUT2D eigenvalue weighted by molar-refractivity contribution is 5.68. The van der Waals surface area contributed by atoms with E-state index in [0.29, 0.717) is 12.5 Å². The highest BCUT2D eigenvalue weighted by Gasteiger charge is 2.44. The zero-order valence-electron chi connectivity index (χ0n) is 9.23. The molecule has 16 heavy (non-hydrogen) atoms. The van der Waals surface area contributed by atoms with Gasteiger partial charge in [-0.1, -0.05) is 30.3 Å². The lowest BCUT2D eigenvalue weighted by Crippen LogP contribution is -2.43. The molecule has 1 saturated carbocycles. The van der Waals surface area contributed by atoms with Crippen molar-refractivity contribution in [2.75, 3.05) is 6.54 Å². The van der Waals surface area contributed by atoms with Crippen molar-refractivity contribution in [3.63, 3.8) is 0 Å². The number of hydrogen-bond acceptors (Lipinski definition) is 2. The van der Waals surface area contributed by atoms with Gasteiger partial charge in [0.15, 0.2) is 0 Å². The van der Waals surface area contributed by atoms with Gasteiger partial charge in [0.1, 0.15) is 0 Å². The molecule has 3 N–H and O–H groups in total. The minimum atomic E-state index is -0.739. The van der Waals surface area contributed by atoms with Gasteiger partial charge in [-0.2, -0.15) is 0 Å². The lowest BCUT2D eigenvalue weighted by atomic mass is 9.58. The third kappa shape index (κ3) is 2.09. The molecule has 1 aromatic rings. The molecule has 0 aromatic heterocycles. The standard InChI is InChI=1S/C13H17NO2/c14-9-13(8-12(15)16)6-11(7-13)10-4-2-1-3-5-10/h1-5,11H,6-9,14H2,(H,15,16)/t11-,13+. The van der Waals surface area contributed by atoms with Crippen molar-refractivity contribution in [2.45, 2.75) is 25.2 Å². The summed E-state index contributed by atoms with van der Waals surface area (Å²) in [6, 6.07) is 10.2. The second-order valence-electron chi connectivity index (χ2n) is 4.79. The van der Waals surface area contributed by atoms with Gasteiger partial charge in [-0.15, -0.1) is 0 Å². The molecule has 0 atom stereocenters. The quantitative estimate of drug-likeness (QED) is 0.814. The summed E-state index contributed by atoms with van der Waals surface area (Å²) in [7, 11) is 0. The van der Waals surface area contributed by atoms with Crippen LogP contribution in [0.4, 0.5) is 0 Å². The molecule has 86 valence electrons. The second kappa shape index (κ2) is 4.26. The van der Waals surface area contributed by atoms with Crippen molar-refractivity contribution in [3.05, 3.63) is 35.9 Å². The average molecular weight is 219 g/mol. The molecule has 0 unspecified atom stereocenters. The zero-order chi connectivity index (χ0) is 11.6.